The molecule has 15 heavy (non-hydrogen) atoms. The Bertz CT molecular complexity index is 171. The lowest BCUT2D eigenvalue weighted by Crippen LogP contribution is -2.38. The van der Waals surface area contributed by atoms with Crippen LogP contribution in [0, 0.1) is 11.3 Å². The van der Waals surface area contributed by atoms with Crippen molar-refractivity contribution in [1.82, 2.24) is 5.32 Å². The summed E-state index contributed by atoms with van der Waals surface area (Å²) in [6, 6.07) is 0. The molecular formula is C12H25NO2. The van der Waals surface area contributed by atoms with Crippen LogP contribution in [-0.4, -0.2) is 40.0 Å². The molecule has 1 saturated carbocycles. The van der Waals surface area contributed by atoms with Gasteiger partial charge in [-0.05, 0) is 25.7 Å². The number of methoxy groups -OCH3 is 1. The molecule has 1 unspecified atom stereocenters. The van der Waals surface area contributed by atoms with Crippen molar-refractivity contribution in [2.75, 3.05) is 40.0 Å². The maximum absolute atomic E-state index is 5.59. The average molecular weight is 215 g/mol. The molecule has 3 heteroatoms. The van der Waals surface area contributed by atoms with E-state index in [2.05, 4.69) is 19.2 Å². The molecule has 0 spiro atoms. The second kappa shape index (κ2) is 6.46. The summed E-state index contributed by atoms with van der Waals surface area (Å²) in [6.45, 7) is 8.86. The number of ether oxygens (including phenoxy) is 2. The summed E-state index contributed by atoms with van der Waals surface area (Å²) in [6.07, 6.45) is 2.74. The van der Waals surface area contributed by atoms with Crippen LogP contribution in [0.5, 0.6) is 0 Å². The summed E-state index contributed by atoms with van der Waals surface area (Å²) in [5.41, 5.74) is 0.323. The molecule has 90 valence electrons. The molecule has 0 saturated heterocycles. The van der Waals surface area contributed by atoms with Gasteiger partial charge in [0.25, 0.3) is 0 Å². The first kappa shape index (κ1) is 12.9. The monoisotopic (exact) mass is 215 g/mol. The maximum Gasteiger partial charge on any atom is 0.0587 e. The first-order chi connectivity index (χ1) is 7.23. The topological polar surface area (TPSA) is 30.5 Å². The normalized spacial score (nSPS) is 20.2. The molecule has 0 aromatic carbocycles. The molecule has 0 radical (unpaired) electrons. The summed E-state index contributed by atoms with van der Waals surface area (Å²) < 4.78 is 10.6. The van der Waals surface area contributed by atoms with E-state index in [4.69, 9.17) is 9.47 Å². The molecule has 1 rings (SSSR count). The molecule has 1 fully saturated rings. The summed E-state index contributed by atoms with van der Waals surface area (Å²) >= 11 is 0. The Labute approximate surface area is 93.5 Å². The Kier molecular flexibility index (Phi) is 5.58. The van der Waals surface area contributed by atoms with Crippen molar-refractivity contribution < 1.29 is 9.47 Å². The van der Waals surface area contributed by atoms with Crippen LogP contribution in [0.3, 0.4) is 0 Å². The van der Waals surface area contributed by atoms with E-state index in [1.807, 2.05) is 0 Å². The van der Waals surface area contributed by atoms with Gasteiger partial charge in [0.05, 0.1) is 13.2 Å². The van der Waals surface area contributed by atoms with Crippen LogP contribution in [0.4, 0.5) is 0 Å². The molecule has 0 amide bonds. The van der Waals surface area contributed by atoms with Crippen molar-refractivity contribution in [1.29, 1.82) is 0 Å². The maximum atomic E-state index is 5.59. The fourth-order valence-electron chi connectivity index (χ4n) is 1.98. The summed E-state index contributed by atoms with van der Waals surface area (Å²) in [5.74, 6) is 0.860. The third-order valence-electron chi connectivity index (χ3n) is 3.21. The van der Waals surface area contributed by atoms with Crippen molar-refractivity contribution in [2.24, 2.45) is 11.3 Å². The Balaban J connectivity index is 2.22. The van der Waals surface area contributed by atoms with E-state index in [1.54, 1.807) is 7.11 Å². The highest BCUT2D eigenvalue weighted by atomic mass is 16.5. The van der Waals surface area contributed by atoms with Crippen molar-refractivity contribution in [2.45, 2.75) is 26.7 Å². The fourth-order valence-corrected chi connectivity index (χ4v) is 1.98. The van der Waals surface area contributed by atoms with Crippen molar-refractivity contribution >= 4 is 0 Å². The van der Waals surface area contributed by atoms with Crippen molar-refractivity contribution in [3.63, 3.8) is 0 Å². The zero-order chi connectivity index (χ0) is 11.1. The van der Waals surface area contributed by atoms with Gasteiger partial charge in [-0.1, -0.05) is 6.92 Å². The molecule has 3 nitrogen and oxygen atoms in total. The predicted octanol–water partition coefficient (Wildman–Crippen LogP) is 1.68. The Morgan fingerprint density at radius 1 is 1.40 bits per heavy atom. The number of nitrogens with one attached hydrogen (secondary N) is 1. The summed E-state index contributed by atoms with van der Waals surface area (Å²) in [4.78, 5) is 0. The van der Waals surface area contributed by atoms with Gasteiger partial charge in [-0.15, -0.1) is 0 Å². The Hall–Kier alpha value is -0.120. The molecule has 0 aromatic rings. The molecule has 1 aliphatic carbocycles. The molecule has 0 heterocycles. The molecule has 1 aliphatic rings. The number of rotatable bonds is 9. The quantitative estimate of drug-likeness (QED) is 0.594. The highest BCUT2D eigenvalue weighted by Gasteiger charge is 2.41. The zero-order valence-corrected chi connectivity index (χ0v) is 10.3. The van der Waals surface area contributed by atoms with Crippen LogP contribution < -0.4 is 5.32 Å². The van der Waals surface area contributed by atoms with E-state index in [-0.39, 0.29) is 0 Å². The van der Waals surface area contributed by atoms with Gasteiger partial charge in [-0.2, -0.15) is 0 Å². The second-order valence-corrected chi connectivity index (χ2v) is 4.74. The van der Waals surface area contributed by atoms with Gasteiger partial charge in [0.1, 0.15) is 0 Å². The van der Waals surface area contributed by atoms with Gasteiger partial charge in [-0.25, -0.2) is 0 Å². The minimum Gasteiger partial charge on any atom is -0.383 e. The molecule has 0 aromatic heterocycles. The van der Waals surface area contributed by atoms with Gasteiger partial charge >= 0.3 is 0 Å². The first-order valence-corrected chi connectivity index (χ1v) is 6.00. The van der Waals surface area contributed by atoms with Crippen LogP contribution >= 0.6 is 0 Å². The molecule has 1 atom stereocenters. The van der Waals surface area contributed by atoms with Crippen molar-refractivity contribution in [3.8, 4) is 0 Å². The fraction of sp³-hybridized carbons (Fsp3) is 1.00. The van der Waals surface area contributed by atoms with E-state index in [0.29, 0.717) is 5.41 Å². The Morgan fingerprint density at radius 3 is 2.67 bits per heavy atom. The van der Waals surface area contributed by atoms with E-state index >= 15 is 0 Å². The number of hydrogen-bond acceptors (Lipinski definition) is 3. The minimum absolute atomic E-state index is 0.323. The second-order valence-electron chi connectivity index (χ2n) is 4.74. The predicted molar refractivity (Wildman–Crippen MR) is 62.1 cm³/mol. The zero-order valence-electron chi connectivity index (χ0n) is 10.3. The SMILES string of the molecule is CCOCC(C)(CNCCOC)C1CC1. The van der Waals surface area contributed by atoms with Gasteiger partial charge < -0.3 is 14.8 Å². The lowest BCUT2D eigenvalue weighted by atomic mass is 9.85. The molecule has 0 bridgehead atoms. The van der Waals surface area contributed by atoms with Crippen LogP contribution in [0.2, 0.25) is 0 Å². The molecular weight excluding hydrogens is 190 g/mol. The molecule has 1 N–H and O–H groups in total. The van der Waals surface area contributed by atoms with Crippen LogP contribution in [0.1, 0.15) is 26.7 Å². The minimum atomic E-state index is 0.323. The average Bonchev–Trinajstić information content (AvgIpc) is 3.05. The Morgan fingerprint density at radius 2 is 2.13 bits per heavy atom. The van der Waals surface area contributed by atoms with Gasteiger partial charge in [0, 0.05) is 32.2 Å². The number of hydrogen-bond donors (Lipinski definition) is 1. The summed E-state index contributed by atoms with van der Waals surface area (Å²) in [5, 5.41) is 3.45. The van der Waals surface area contributed by atoms with E-state index in [0.717, 1.165) is 38.8 Å². The molecule has 0 aliphatic heterocycles. The van der Waals surface area contributed by atoms with E-state index < -0.39 is 0 Å². The highest BCUT2D eigenvalue weighted by molar-refractivity contribution is 4.92. The third-order valence-corrected chi connectivity index (χ3v) is 3.21. The van der Waals surface area contributed by atoms with Gasteiger partial charge in [-0.3, -0.25) is 0 Å². The van der Waals surface area contributed by atoms with E-state index in [1.165, 1.54) is 12.8 Å². The van der Waals surface area contributed by atoms with Gasteiger partial charge in [0.2, 0.25) is 0 Å². The van der Waals surface area contributed by atoms with Gasteiger partial charge in [0.15, 0.2) is 0 Å². The third kappa shape index (κ3) is 4.49. The first-order valence-electron chi connectivity index (χ1n) is 6.00. The van der Waals surface area contributed by atoms with Crippen LogP contribution in [0.15, 0.2) is 0 Å². The van der Waals surface area contributed by atoms with Crippen LogP contribution in [-0.2, 0) is 9.47 Å². The lowest BCUT2D eigenvalue weighted by molar-refractivity contribution is 0.0462. The summed E-state index contributed by atoms with van der Waals surface area (Å²) in [7, 11) is 1.74. The standard InChI is InChI=1S/C12H25NO2/c1-4-15-10-12(2,11-5-6-11)9-13-7-8-14-3/h11,13H,4-10H2,1-3H3. The smallest absolute Gasteiger partial charge is 0.0587 e. The van der Waals surface area contributed by atoms with Crippen molar-refractivity contribution in [3.05, 3.63) is 0 Å². The van der Waals surface area contributed by atoms with Crippen LogP contribution in [0.25, 0.3) is 0 Å². The highest BCUT2D eigenvalue weighted by Crippen LogP contribution is 2.45. The lowest BCUT2D eigenvalue weighted by Gasteiger charge is -2.29. The van der Waals surface area contributed by atoms with E-state index in [9.17, 15) is 0 Å². The largest absolute Gasteiger partial charge is 0.383 e.